The second-order valence-corrected chi connectivity index (χ2v) is 5.69. The summed E-state index contributed by atoms with van der Waals surface area (Å²) in [6.07, 6.45) is 0.248. The molecule has 2 aromatic carbocycles. The zero-order chi connectivity index (χ0) is 15.6. The standard InChI is InChI=1S/C15H14BrF3N2/c1-8-4-11(17)3-2-9(8)5-14(21-20)15-12(18)6-10(16)7-13(15)19/h2-4,6-7,14,21H,5,20H2,1H3. The highest BCUT2D eigenvalue weighted by Crippen LogP contribution is 2.27. The largest absolute Gasteiger partial charge is 0.271 e. The molecule has 1 unspecified atom stereocenters. The van der Waals surface area contributed by atoms with Gasteiger partial charge in [0.15, 0.2) is 0 Å². The van der Waals surface area contributed by atoms with E-state index in [0.29, 0.717) is 10.0 Å². The first kappa shape index (κ1) is 16.0. The molecule has 1 atom stereocenters. The van der Waals surface area contributed by atoms with Gasteiger partial charge in [0, 0.05) is 10.0 Å². The van der Waals surface area contributed by atoms with Crippen LogP contribution in [0.2, 0.25) is 0 Å². The Labute approximate surface area is 129 Å². The van der Waals surface area contributed by atoms with Gasteiger partial charge in [-0.05, 0) is 48.7 Å². The van der Waals surface area contributed by atoms with Gasteiger partial charge in [-0.3, -0.25) is 11.3 Å². The summed E-state index contributed by atoms with van der Waals surface area (Å²) in [4.78, 5) is 0. The van der Waals surface area contributed by atoms with Crippen LogP contribution in [-0.4, -0.2) is 0 Å². The number of hydrazine groups is 1. The zero-order valence-corrected chi connectivity index (χ0v) is 12.8. The zero-order valence-electron chi connectivity index (χ0n) is 11.3. The van der Waals surface area contributed by atoms with Crippen LogP contribution in [0.4, 0.5) is 13.2 Å². The molecule has 0 heterocycles. The van der Waals surface area contributed by atoms with Crippen LogP contribution in [0, 0.1) is 24.4 Å². The molecule has 3 N–H and O–H groups in total. The van der Waals surface area contributed by atoms with E-state index in [-0.39, 0.29) is 17.8 Å². The van der Waals surface area contributed by atoms with Crippen molar-refractivity contribution in [1.82, 2.24) is 5.43 Å². The molecule has 0 fully saturated rings. The highest BCUT2D eigenvalue weighted by atomic mass is 79.9. The first-order valence-electron chi connectivity index (χ1n) is 6.28. The number of hydrogen-bond donors (Lipinski definition) is 2. The monoisotopic (exact) mass is 358 g/mol. The SMILES string of the molecule is Cc1cc(F)ccc1CC(NN)c1c(F)cc(Br)cc1F. The summed E-state index contributed by atoms with van der Waals surface area (Å²) < 4.78 is 41.4. The van der Waals surface area contributed by atoms with Crippen LogP contribution in [0.15, 0.2) is 34.8 Å². The molecule has 2 aromatic rings. The molecule has 0 radical (unpaired) electrons. The molecule has 112 valence electrons. The van der Waals surface area contributed by atoms with Gasteiger partial charge in [-0.25, -0.2) is 13.2 Å². The Balaban J connectivity index is 2.37. The molecule has 6 heteroatoms. The maximum Gasteiger partial charge on any atom is 0.132 e. The predicted octanol–water partition coefficient (Wildman–Crippen LogP) is 3.92. The Morgan fingerprint density at radius 1 is 1.14 bits per heavy atom. The third kappa shape index (κ3) is 3.64. The summed E-state index contributed by atoms with van der Waals surface area (Å²) in [5, 5.41) is 0. The van der Waals surface area contributed by atoms with E-state index in [1.54, 1.807) is 13.0 Å². The topological polar surface area (TPSA) is 38.0 Å². The minimum Gasteiger partial charge on any atom is -0.271 e. The molecule has 2 rings (SSSR count). The van der Waals surface area contributed by atoms with E-state index in [4.69, 9.17) is 5.84 Å². The van der Waals surface area contributed by atoms with Crippen LogP contribution in [0.3, 0.4) is 0 Å². The van der Waals surface area contributed by atoms with Crippen molar-refractivity contribution < 1.29 is 13.2 Å². The van der Waals surface area contributed by atoms with E-state index in [9.17, 15) is 13.2 Å². The molecular weight excluding hydrogens is 345 g/mol. The van der Waals surface area contributed by atoms with Crippen LogP contribution >= 0.6 is 15.9 Å². The number of halogens is 4. The Morgan fingerprint density at radius 3 is 2.29 bits per heavy atom. The van der Waals surface area contributed by atoms with Gasteiger partial charge in [0.05, 0.1) is 6.04 Å². The molecule has 0 saturated carbocycles. The number of benzene rings is 2. The van der Waals surface area contributed by atoms with Crippen LogP contribution in [0.25, 0.3) is 0 Å². The highest BCUT2D eigenvalue weighted by Gasteiger charge is 2.21. The van der Waals surface area contributed by atoms with Gasteiger partial charge in [-0.1, -0.05) is 22.0 Å². The van der Waals surface area contributed by atoms with E-state index in [0.717, 1.165) is 5.56 Å². The molecule has 0 saturated heterocycles. The lowest BCUT2D eigenvalue weighted by Gasteiger charge is -2.19. The van der Waals surface area contributed by atoms with Gasteiger partial charge in [0.1, 0.15) is 17.5 Å². The van der Waals surface area contributed by atoms with Crippen molar-refractivity contribution in [3.63, 3.8) is 0 Å². The lowest BCUT2D eigenvalue weighted by Crippen LogP contribution is -2.31. The lowest BCUT2D eigenvalue weighted by atomic mass is 9.95. The third-order valence-corrected chi connectivity index (χ3v) is 3.78. The molecule has 0 aliphatic heterocycles. The van der Waals surface area contributed by atoms with E-state index < -0.39 is 17.7 Å². The van der Waals surface area contributed by atoms with Crippen molar-refractivity contribution in [2.45, 2.75) is 19.4 Å². The Bertz CT molecular complexity index is 638. The molecule has 0 aromatic heterocycles. The Hall–Kier alpha value is -1.37. The van der Waals surface area contributed by atoms with Gasteiger partial charge in [-0.2, -0.15) is 0 Å². The number of hydrogen-bond acceptors (Lipinski definition) is 2. The summed E-state index contributed by atoms with van der Waals surface area (Å²) >= 11 is 3.03. The van der Waals surface area contributed by atoms with Crippen LogP contribution in [0.5, 0.6) is 0 Å². The molecule has 0 bridgehead atoms. The van der Waals surface area contributed by atoms with Crippen molar-refractivity contribution in [2.24, 2.45) is 5.84 Å². The fourth-order valence-electron chi connectivity index (χ4n) is 2.24. The summed E-state index contributed by atoms with van der Waals surface area (Å²) in [5.74, 6) is 3.71. The van der Waals surface area contributed by atoms with E-state index in [2.05, 4.69) is 21.4 Å². The molecule has 0 aliphatic rings. The number of aryl methyl sites for hydroxylation is 1. The molecule has 2 nitrogen and oxygen atoms in total. The number of rotatable bonds is 4. The Morgan fingerprint density at radius 2 is 1.76 bits per heavy atom. The van der Waals surface area contributed by atoms with Crippen molar-refractivity contribution >= 4 is 15.9 Å². The van der Waals surface area contributed by atoms with Crippen LogP contribution in [0.1, 0.15) is 22.7 Å². The maximum atomic E-state index is 14.0. The van der Waals surface area contributed by atoms with Crippen molar-refractivity contribution in [1.29, 1.82) is 0 Å². The van der Waals surface area contributed by atoms with Gasteiger partial charge >= 0.3 is 0 Å². The summed E-state index contributed by atoms with van der Waals surface area (Å²) in [5.41, 5.74) is 3.75. The summed E-state index contributed by atoms with van der Waals surface area (Å²) in [6, 6.07) is 5.88. The van der Waals surface area contributed by atoms with Gasteiger partial charge < -0.3 is 0 Å². The van der Waals surface area contributed by atoms with Crippen molar-refractivity contribution in [2.75, 3.05) is 0 Å². The van der Waals surface area contributed by atoms with Crippen LogP contribution in [-0.2, 0) is 6.42 Å². The summed E-state index contributed by atoms with van der Waals surface area (Å²) in [7, 11) is 0. The first-order valence-corrected chi connectivity index (χ1v) is 7.07. The fourth-order valence-corrected chi connectivity index (χ4v) is 2.64. The van der Waals surface area contributed by atoms with E-state index in [1.165, 1.54) is 24.3 Å². The average Bonchev–Trinajstić information content (AvgIpc) is 2.39. The van der Waals surface area contributed by atoms with Gasteiger partial charge in [-0.15, -0.1) is 0 Å². The predicted molar refractivity (Wildman–Crippen MR) is 79.0 cm³/mol. The summed E-state index contributed by atoms with van der Waals surface area (Å²) in [6.45, 7) is 1.74. The van der Waals surface area contributed by atoms with Crippen LogP contribution < -0.4 is 11.3 Å². The second kappa shape index (κ2) is 6.60. The normalized spacial score (nSPS) is 12.5. The lowest BCUT2D eigenvalue weighted by molar-refractivity contribution is 0.471. The smallest absolute Gasteiger partial charge is 0.132 e. The number of nitrogens with two attached hydrogens (primary N) is 1. The average molecular weight is 359 g/mol. The minimum atomic E-state index is -0.748. The molecule has 0 spiro atoms. The molecule has 0 amide bonds. The quantitative estimate of drug-likeness (QED) is 0.642. The maximum absolute atomic E-state index is 14.0. The molecule has 21 heavy (non-hydrogen) atoms. The van der Waals surface area contributed by atoms with Crippen molar-refractivity contribution in [3.05, 3.63) is 68.9 Å². The number of nitrogens with one attached hydrogen (secondary N) is 1. The minimum absolute atomic E-state index is 0.135. The van der Waals surface area contributed by atoms with E-state index in [1.807, 2.05) is 0 Å². The molecule has 0 aliphatic carbocycles. The third-order valence-electron chi connectivity index (χ3n) is 3.32. The fraction of sp³-hybridized carbons (Fsp3) is 0.200. The highest BCUT2D eigenvalue weighted by molar-refractivity contribution is 9.10. The van der Waals surface area contributed by atoms with E-state index >= 15 is 0 Å². The van der Waals surface area contributed by atoms with Gasteiger partial charge in [0.25, 0.3) is 0 Å². The van der Waals surface area contributed by atoms with Crippen molar-refractivity contribution in [3.8, 4) is 0 Å². The van der Waals surface area contributed by atoms with Gasteiger partial charge in [0.2, 0.25) is 0 Å². The molecular formula is C15H14BrF3N2. The Kier molecular flexibility index (Phi) is 5.03. The first-order chi connectivity index (χ1) is 9.92. The second-order valence-electron chi connectivity index (χ2n) is 4.78.